The van der Waals surface area contributed by atoms with Crippen molar-refractivity contribution in [1.29, 1.82) is 0 Å². The predicted molar refractivity (Wildman–Crippen MR) is 51.7 cm³/mol. The first-order valence-corrected chi connectivity index (χ1v) is 5.17. The van der Waals surface area contributed by atoms with Crippen molar-refractivity contribution in [3.8, 4) is 0 Å². The zero-order valence-corrected chi connectivity index (χ0v) is 8.34. The van der Waals surface area contributed by atoms with Crippen molar-refractivity contribution in [3.63, 3.8) is 0 Å². The fourth-order valence-electron chi connectivity index (χ4n) is 0.908. The Bertz CT molecular complexity index is 216. The lowest BCUT2D eigenvalue weighted by atomic mass is 10.4. The maximum atomic E-state index is 8.96. The van der Waals surface area contributed by atoms with Crippen LogP contribution in [0, 0.1) is 0 Å². The number of aromatic nitrogens is 3. The maximum absolute atomic E-state index is 8.96. The van der Waals surface area contributed by atoms with Gasteiger partial charge in [-0.3, -0.25) is 5.10 Å². The summed E-state index contributed by atoms with van der Waals surface area (Å²) in [5.41, 5.74) is 0. The summed E-state index contributed by atoms with van der Waals surface area (Å²) >= 11 is 1.55. The first-order chi connectivity index (χ1) is 6.36. The topological polar surface area (TPSA) is 73.8 Å². The molecule has 0 spiro atoms. The van der Waals surface area contributed by atoms with E-state index < -0.39 is 0 Å². The van der Waals surface area contributed by atoms with E-state index in [-0.39, 0.29) is 12.6 Å². The molecule has 1 aromatic heterocycles. The predicted octanol–water partition coefficient (Wildman–Crippen LogP) is -0.133. The van der Waals surface area contributed by atoms with Gasteiger partial charge in [0.2, 0.25) is 0 Å². The molecule has 74 valence electrons. The molecule has 3 N–H and O–H groups in total. The van der Waals surface area contributed by atoms with E-state index in [2.05, 4.69) is 20.5 Å². The van der Waals surface area contributed by atoms with Gasteiger partial charge in [0.05, 0.1) is 6.61 Å². The fourth-order valence-corrected chi connectivity index (χ4v) is 1.73. The summed E-state index contributed by atoms with van der Waals surface area (Å²) in [6.07, 6.45) is 1.48. The van der Waals surface area contributed by atoms with Gasteiger partial charge in [0.25, 0.3) is 0 Å². The molecule has 0 saturated carbocycles. The summed E-state index contributed by atoms with van der Waals surface area (Å²) in [5.74, 6) is 0.791. The lowest BCUT2D eigenvalue weighted by Crippen LogP contribution is -2.34. The van der Waals surface area contributed by atoms with Crippen molar-refractivity contribution in [2.24, 2.45) is 0 Å². The number of thioether (sulfide) groups is 1. The van der Waals surface area contributed by atoms with Gasteiger partial charge in [-0.05, 0) is 6.54 Å². The van der Waals surface area contributed by atoms with Gasteiger partial charge in [0.1, 0.15) is 6.33 Å². The van der Waals surface area contributed by atoms with Crippen LogP contribution in [0.3, 0.4) is 0 Å². The number of rotatable bonds is 6. The number of aliphatic hydroxyl groups is 1. The summed E-state index contributed by atoms with van der Waals surface area (Å²) in [6, 6.07) is 0.125. The molecular formula is C7H14N4OS. The minimum absolute atomic E-state index is 0.125. The number of likely N-dealkylation sites (N-methyl/N-ethyl adjacent to an activating group) is 1. The molecule has 1 rings (SSSR count). The molecule has 1 heterocycles. The zero-order chi connectivity index (χ0) is 9.52. The highest BCUT2D eigenvalue weighted by molar-refractivity contribution is 7.99. The summed E-state index contributed by atoms with van der Waals surface area (Å²) in [4.78, 5) is 3.97. The van der Waals surface area contributed by atoms with Crippen LogP contribution in [0.4, 0.5) is 0 Å². The number of hydrogen-bond donors (Lipinski definition) is 3. The highest BCUT2D eigenvalue weighted by Gasteiger charge is 2.06. The van der Waals surface area contributed by atoms with Gasteiger partial charge in [0, 0.05) is 11.8 Å². The number of hydrogen-bond acceptors (Lipinski definition) is 5. The van der Waals surface area contributed by atoms with Crippen LogP contribution in [-0.2, 0) is 0 Å². The first-order valence-electron chi connectivity index (χ1n) is 4.19. The van der Waals surface area contributed by atoms with E-state index in [0.29, 0.717) is 0 Å². The van der Waals surface area contributed by atoms with Crippen LogP contribution < -0.4 is 5.32 Å². The minimum Gasteiger partial charge on any atom is -0.395 e. The van der Waals surface area contributed by atoms with E-state index in [9.17, 15) is 0 Å². The van der Waals surface area contributed by atoms with Crippen LogP contribution in [0.5, 0.6) is 0 Å². The number of nitrogens with one attached hydrogen (secondary N) is 2. The van der Waals surface area contributed by atoms with E-state index in [0.717, 1.165) is 17.5 Å². The Hall–Kier alpha value is -0.590. The Balaban J connectivity index is 2.23. The number of nitrogens with zero attached hydrogens (tertiary/aromatic N) is 2. The van der Waals surface area contributed by atoms with Crippen molar-refractivity contribution in [2.75, 3.05) is 18.9 Å². The molecule has 1 aromatic rings. The van der Waals surface area contributed by atoms with Gasteiger partial charge in [-0.2, -0.15) is 5.10 Å². The van der Waals surface area contributed by atoms with Crippen LogP contribution in [0.25, 0.3) is 0 Å². The Morgan fingerprint density at radius 2 is 2.62 bits per heavy atom. The normalized spacial score (nSPS) is 13.1. The van der Waals surface area contributed by atoms with Crippen LogP contribution >= 0.6 is 11.8 Å². The summed E-state index contributed by atoms with van der Waals surface area (Å²) in [7, 11) is 0. The maximum Gasteiger partial charge on any atom is 0.183 e. The second kappa shape index (κ2) is 5.95. The highest BCUT2D eigenvalue weighted by atomic mass is 32.2. The standard InChI is InChI=1S/C7H14N4OS/c1-2-8-6(3-12)4-13-7-9-5-10-11-7/h5-6,8,12H,2-4H2,1H3,(H,9,10,11). The lowest BCUT2D eigenvalue weighted by Gasteiger charge is -2.12. The summed E-state index contributed by atoms with van der Waals surface area (Å²) in [6.45, 7) is 3.03. The molecular weight excluding hydrogens is 188 g/mol. The van der Waals surface area contributed by atoms with Crippen molar-refractivity contribution in [3.05, 3.63) is 6.33 Å². The van der Waals surface area contributed by atoms with Crippen LogP contribution in [0.15, 0.2) is 11.5 Å². The van der Waals surface area contributed by atoms with Crippen molar-refractivity contribution >= 4 is 11.8 Å². The third-order valence-electron chi connectivity index (χ3n) is 1.53. The molecule has 5 nitrogen and oxygen atoms in total. The quantitative estimate of drug-likeness (QED) is 0.560. The fraction of sp³-hybridized carbons (Fsp3) is 0.714. The van der Waals surface area contributed by atoms with E-state index in [4.69, 9.17) is 5.11 Å². The molecule has 0 radical (unpaired) electrons. The van der Waals surface area contributed by atoms with E-state index >= 15 is 0 Å². The Morgan fingerprint density at radius 1 is 1.77 bits per heavy atom. The zero-order valence-electron chi connectivity index (χ0n) is 7.53. The molecule has 0 aliphatic rings. The second-order valence-electron chi connectivity index (χ2n) is 2.54. The molecule has 0 aliphatic carbocycles. The Kier molecular flexibility index (Phi) is 4.81. The lowest BCUT2D eigenvalue weighted by molar-refractivity contribution is 0.255. The third-order valence-corrected chi connectivity index (χ3v) is 2.57. The van der Waals surface area contributed by atoms with Gasteiger partial charge < -0.3 is 10.4 Å². The van der Waals surface area contributed by atoms with Gasteiger partial charge in [-0.25, -0.2) is 4.98 Å². The third kappa shape index (κ3) is 3.75. The van der Waals surface area contributed by atoms with Gasteiger partial charge >= 0.3 is 0 Å². The van der Waals surface area contributed by atoms with E-state index in [1.54, 1.807) is 11.8 Å². The van der Waals surface area contributed by atoms with Crippen LogP contribution in [0.2, 0.25) is 0 Å². The monoisotopic (exact) mass is 202 g/mol. The van der Waals surface area contributed by atoms with E-state index in [1.165, 1.54) is 6.33 Å². The molecule has 6 heteroatoms. The first kappa shape index (κ1) is 10.5. The number of aromatic amines is 1. The summed E-state index contributed by atoms with van der Waals surface area (Å²) < 4.78 is 0. The van der Waals surface area contributed by atoms with Crippen molar-refractivity contribution < 1.29 is 5.11 Å². The van der Waals surface area contributed by atoms with Crippen LogP contribution in [-0.4, -0.2) is 45.2 Å². The average Bonchev–Trinajstić information content (AvgIpc) is 2.64. The molecule has 0 aliphatic heterocycles. The van der Waals surface area contributed by atoms with Gasteiger partial charge in [0.15, 0.2) is 5.16 Å². The molecule has 0 bridgehead atoms. The molecule has 0 saturated heterocycles. The van der Waals surface area contributed by atoms with Gasteiger partial charge in [-0.15, -0.1) is 0 Å². The molecule has 1 atom stereocenters. The Morgan fingerprint density at radius 3 is 3.15 bits per heavy atom. The number of H-pyrrole nitrogens is 1. The second-order valence-corrected chi connectivity index (χ2v) is 3.55. The SMILES string of the molecule is CCNC(CO)CSc1ncn[nH]1. The smallest absolute Gasteiger partial charge is 0.183 e. The number of aliphatic hydroxyl groups excluding tert-OH is 1. The largest absolute Gasteiger partial charge is 0.395 e. The molecule has 0 aromatic carbocycles. The molecule has 0 fully saturated rings. The minimum atomic E-state index is 0.125. The van der Waals surface area contributed by atoms with Crippen LogP contribution in [0.1, 0.15) is 6.92 Å². The van der Waals surface area contributed by atoms with E-state index in [1.807, 2.05) is 6.92 Å². The van der Waals surface area contributed by atoms with Gasteiger partial charge in [-0.1, -0.05) is 18.7 Å². The van der Waals surface area contributed by atoms with Crippen molar-refractivity contribution in [2.45, 2.75) is 18.1 Å². The summed E-state index contributed by atoms with van der Waals surface area (Å²) in [5, 5.41) is 19.4. The molecule has 1 unspecified atom stereocenters. The molecule has 13 heavy (non-hydrogen) atoms. The highest BCUT2D eigenvalue weighted by Crippen LogP contribution is 2.11. The average molecular weight is 202 g/mol. The van der Waals surface area contributed by atoms with Crippen molar-refractivity contribution in [1.82, 2.24) is 20.5 Å². The Labute approximate surface area is 81.3 Å². The molecule has 0 amide bonds.